The standard InChI is InChI=1S/C31H29N3O5/c1-2-3-19-38-25-17-13-24(14-18-25)30(36)32-21-29(35)34-33-20-22-11-15-26(16-12-22)39-31(37)28-10-6-8-23-7-4-5-9-27(23)28/h4-18,20H,2-3,19,21H2,1H3,(H,32,36)(H,34,35). The quantitative estimate of drug-likeness (QED) is 0.0934. The molecule has 0 aliphatic rings. The van der Waals surface area contributed by atoms with Crippen molar-refractivity contribution in [2.75, 3.05) is 13.2 Å². The Bertz CT molecular complexity index is 1460. The Balaban J connectivity index is 1.22. The van der Waals surface area contributed by atoms with Crippen molar-refractivity contribution in [1.82, 2.24) is 10.7 Å². The average Bonchev–Trinajstić information content (AvgIpc) is 2.97. The molecule has 0 atom stereocenters. The minimum atomic E-state index is -0.472. The molecule has 2 amide bonds. The lowest BCUT2D eigenvalue weighted by atomic mass is 10.0. The van der Waals surface area contributed by atoms with Crippen molar-refractivity contribution in [2.24, 2.45) is 5.10 Å². The number of nitrogens with zero attached hydrogens (tertiary/aromatic N) is 1. The maximum absolute atomic E-state index is 12.7. The molecule has 0 heterocycles. The van der Waals surface area contributed by atoms with Gasteiger partial charge in [-0.05, 0) is 77.4 Å². The maximum atomic E-state index is 12.7. The largest absolute Gasteiger partial charge is 0.494 e. The predicted octanol–water partition coefficient (Wildman–Crippen LogP) is 5.12. The van der Waals surface area contributed by atoms with Crippen LogP contribution in [0.3, 0.4) is 0 Å². The lowest BCUT2D eigenvalue weighted by Crippen LogP contribution is -2.34. The topological polar surface area (TPSA) is 106 Å². The van der Waals surface area contributed by atoms with Gasteiger partial charge in [-0.3, -0.25) is 9.59 Å². The molecule has 0 unspecified atom stereocenters. The number of fused-ring (bicyclic) bond motifs is 1. The molecule has 4 rings (SSSR count). The molecule has 0 fully saturated rings. The van der Waals surface area contributed by atoms with Gasteiger partial charge in [-0.2, -0.15) is 5.10 Å². The molecule has 0 spiro atoms. The summed E-state index contributed by atoms with van der Waals surface area (Å²) in [6.45, 7) is 2.49. The first-order chi connectivity index (χ1) is 19.0. The van der Waals surface area contributed by atoms with Crippen LogP contribution in [0.15, 0.2) is 96.1 Å². The fourth-order valence-electron chi connectivity index (χ4n) is 3.71. The molecule has 0 radical (unpaired) electrons. The first-order valence-corrected chi connectivity index (χ1v) is 12.7. The van der Waals surface area contributed by atoms with Gasteiger partial charge in [0.2, 0.25) is 0 Å². The molecule has 4 aromatic carbocycles. The number of amides is 2. The highest BCUT2D eigenvalue weighted by Gasteiger charge is 2.12. The summed E-state index contributed by atoms with van der Waals surface area (Å²) in [6.07, 6.45) is 3.46. The summed E-state index contributed by atoms with van der Waals surface area (Å²) in [5.41, 5.74) is 3.97. The van der Waals surface area contributed by atoms with Gasteiger partial charge in [-0.15, -0.1) is 0 Å². The van der Waals surface area contributed by atoms with Crippen LogP contribution in [0.2, 0.25) is 0 Å². The minimum Gasteiger partial charge on any atom is -0.494 e. The van der Waals surface area contributed by atoms with Crippen LogP contribution >= 0.6 is 0 Å². The summed E-state index contributed by atoms with van der Waals surface area (Å²) in [7, 11) is 0. The number of unbranched alkanes of at least 4 members (excludes halogenated alkanes) is 1. The molecule has 0 aromatic heterocycles. The molecular weight excluding hydrogens is 494 g/mol. The number of esters is 1. The second kappa shape index (κ2) is 13.5. The van der Waals surface area contributed by atoms with Gasteiger partial charge in [0.25, 0.3) is 11.8 Å². The van der Waals surface area contributed by atoms with Crippen molar-refractivity contribution < 1.29 is 23.9 Å². The number of hydrogen-bond acceptors (Lipinski definition) is 6. The number of carbonyl (C=O) groups excluding carboxylic acids is 3. The Labute approximate surface area is 226 Å². The Morgan fingerprint density at radius 3 is 2.33 bits per heavy atom. The summed E-state index contributed by atoms with van der Waals surface area (Å²) in [6, 6.07) is 26.6. The molecule has 0 bridgehead atoms. The van der Waals surface area contributed by atoms with E-state index in [4.69, 9.17) is 9.47 Å². The smallest absolute Gasteiger partial charge is 0.344 e. The van der Waals surface area contributed by atoms with Crippen LogP contribution in [0.5, 0.6) is 11.5 Å². The highest BCUT2D eigenvalue weighted by Crippen LogP contribution is 2.21. The van der Waals surface area contributed by atoms with Crippen LogP contribution in [0.25, 0.3) is 10.8 Å². The average molecular weight is 524 g/mol. The normalized spacial score (nSPS) is 10.8. The highest BCUT2D eigenvalue weighted by atomic mass is 16.5. The van der Waals surface area contributed by atoms with Crippen molar-refractivity contribution in [3.8, 4) is 11.5 Å². The Kier molecular flexibility index (Phi) is 9.39. The molecule has 0 saturated heterocycles. The van der Waals surface area contributed by atoms with Gasteiger partial charge in [0.1, 0.15) is 11.5 Å². The molecular formula is C31H29N3O5. The van der Waals surface area contributed by atoms with Crippen LogP contribution in [0, 0.1) is 0 Å². The summed E-state index contributed by atoms with van der Waals surface area (Å²) in [4.78, 5) is 37.0. The number of hydrazone groups is 1. The minimum absolute atomic E-state index is 0.228. The van der Waals surface area contributed by atoms with E-state index in [2.05, 4.69) is 22.8 Å². The second-order valence-corrected chi connectivity index (χ2v) is 8.69. The highest BCUT2D eigenvalue weighted by molar-refractivity contribution is 6.05. The van der Waals surface area contributed by atoms with Gasteiger partial charge >= 0.3 is 5.97 Å². The van der Waals surface area contributed by atoms with Gasteiger partial charge in [-0.1, -0.05) is 49.7 Å². The number of rotatable bonds is 11. The Morgan fingerprint density at radius 2 is 1.56 bits per heavy atom. The fraction of sp³-hybridized carbons (Fsp3) is 0.161. The first-order valence-electron chi connectivity index (χ1n) is 12.7. The zero-order chi connectivity index (χ0) is 27.5. The van der Waals surface area contributed by atoms with Crippen LogP contribution < -0.4 is 20.2 Å². The van der Waals surface area contributed by atoms with Crippen LogP contribution in [-0.2, 0) is 4.79 Å². The van der Waals surface area contributed by atoms with E-state index in [1.165, 1.54) is 6.21 Å². The summed E-state index contributed by atoms with van der Waals surface area (Å²) >= 11 is 0. The van der Waals surface area contributed by atoms with E-state index < -0.39 is 11.9 Å². The van der Waals surface area contributed by atoms with E-state index in [0.717, 1.165) is 23.6 Å². The van der Waals surface area contributed by atoms with Crippen molar-refractivity contribution in [3.63, 3.8) is 0 Å². The molecule has 0 aliphatic carbocycles. The molecule has 39 heavy (non-hydrogen) atoms. The third kappa shape index (κ3) is 7.75. The summed E-state index contributed by atoms with van der Waals surface area (Å²) in [5.74, 6) is -0.207. The fourth-order valence-corrected chi connectivity index (χ4v) is 3.71. The first kappa shape index (κ1) is 27.1. The van der Waals surface area contributed by atoms with E-state index >= 15 is 0 Å². The SMILES string of the molecule is CCCCOc1ccc(C(=O)NCC(=O)NN=Cc2ccc(OC(=O)c3cccc4ccccc34)cc2)cc1. The summed E-state index contributed by atoms with van der Waals surface area (Å²) < 4.78 is 11.1. The van der Waals surface area contributed by atoms with E-state index in [1.54, 1.807) is 54.6 Å². The van der Waals surface area contributed by atoms with E-state index in [9.17, 15) is 14.4 Å². The third-order valence-corrected chi connectivity index (χ3v) is 5.80. The Morgan fingerprint density at radius 1 is 0.846 bits per heavy atom. The number of carbonyl (C=O) groups is 3. The molecule has 2 N–H and O–H groups in total. The van der Waals surface area contributed by atoms with Gasteiger partial charge in [0.05, 0.1) is 24.9 Å². The van der Waals surface area contributed by atoms with E-state index in [0.29, 0.717) is 34.8 Å². The van der Waals surface area contributed by atoms with Gasteiger partial charge in [-0.25, -0.2) is 10.2 Å². The van der Waals surface area contributed by atoms with Crippen molar-refractivity contribution in [3.05, 3.63) is 108 Å². The Hall–Kier alpha value is -4.98. The van der Waals surface area contributed by atoms with Gasteiger partial charge < -0.3 is 14.8 Å². The molecule has 4 aromatic rings. The maximum Gasteiger partial charge on any atom is 0.344 e. The number of ether oxygens (including phenoxy) is 2. The van der Waals surface area contributed by atoms with Crippen LogP contribution in [-0.4, -0.2) is 37.1 Å². The zero-order valence-electron chi connectivity index (χ0n) is 21.6. The number of nitrogens with one attached hydrogen (secondary N) is 2. The van der Waals surface area contributed by atoms with E-state index in [1.807, 2.05) is 36.4 Å². The lowest BCUT2D eigenvalue weighted by molar-refractivity contribution is -0.120. The van der Waals surface area contributed by atoms with Gasteiger partial charge in [0, 0.05) is 5.56 Å². The van der Waals surface area contributed by atoms with E-state index in [-0.39, 0.29) is 12.5 Å². The van der Waals surface area contributed by atoms with Crippen molar-refractivity contribution in [1.29, 1.82) is 0 Å². The van der Waals surface area contributed by atoms with Crippen LogP contribution in [0.1, 0.15) is 46.0 Å². The predicted molar refractivity (Wildman–Crippen MR) is 150 cm³/mol. The molecule has 198 valence electrons. The third-order valence-electron chi connectivity index (χ3n) is 5.80. The molecule has 0 saturated carbocycles. The van der Waals surface area contributed by atoms with Crippen LogP contribution in [0.4, 0.5) is 0 Å². The second-order valence-electron chi connectivity index (χ2n) is 8.69. The van der Waals surface area contributed by atoms with Crippen molar-refractivity contribution >= 4 is 34.8 Å². The summed E-state index contributed by atoms with van der Waals surface area (Å²) in [5, 5.41) is 8.25. The number of hydrogen-bond donors (Lipinski definition) is 2. The zero-order valence-corrected chi connectivity index (χ0v) is 21.6. The van der Waals surface area contributed by atoms with Gasteiger partial charge in [0.15, 0.2) is 0 Å². The number of benzene rings is 4. The molecule has 0 aliphatic heterocycles. The monoisotopic (exact) mass is 523 g/mol. The van der Waals surface area contributed by atoms with Crippen molar-refractivity contribution in [2.45, 2.75) is 19.8 Å². The molecule has 8 heteroatoms. The lowest BCUT2D eigenvalue weighted by Gasteiger charge is -2.07. The molecule has 8 nitrogen and oxygen atoms in total.